The molecular formula is C10H10BN3O4. The van der Waals surface area contributed by atoms with Crippen molar-refractivity contribution in [3.8, 4) is 0 Å². The molecule has 1 heterocycles. The van der Waals surface area contributed by atoms with Crippen LogP contribution in [0.3, 0.4) is 0 Å². The van der Waals surface area contributed by atoms with Crippen molar-refractivity contribution in [2.75, 3.05) is 0 Å². The van der Waals surface area contributed by atoms with Gasteiger partial charge >= 0.3 is 13.1 Å². The number of benzene rings is 1. The zero-order valence-corrected chi connectivity index (χ0v) is 9.26. The Bertz CT molecular complexity index is 570. The number of nitrogens with zero attached hydrogens (tertiary/aromatic N) is 3. The Hall–Kier alpha value is -2.19. The van der Waals surface area contributed by atoms with Crippen molar-refractivity contribution in [1.29, 1.82) is 0 Å². The Balaban J connectivity index is 2.17. The van der Waals surface area contributed by atoms with E-state index in [4.69, 9.17) is 15.2 Å². The van der Waals surface area contributed by atoms with Gasteiger partial charge in [-0.15, -0.1) is 5.10 Å². The first-order valence-electron chi connectivity index (χ1n) is 5.14. The molecule has 0 aliphatic heterocycles. The average molecular weight is 247 g/mol. The molecule has 18 heavy (non-hydrogen) atoms. The summed E-state index contributed by atoms with van der Waals surface area (Å²) in [7, 11) is -1.53. The normalized spacial score (nSPS) is 10.3. The molecule has 0 unspecified atom stereocenters. The van der Waals surface area contributed by atoms with Gasteiger partial charge in [-0.2, -0.15) is 0 Å². The monoisotopic (exact) mass is 247 g/mol. The van der Waals surface area contributed by atoms with Crippen LogP contribution in [0.4, 0.5) is 0 Å². The minimum absolute atomic E-state index is 0.131. The molecule has 8 heteroatoms. The molecule has 0 radical (unpaired) electrons. The number of hydrogen-bond donors (Lipinski definition) is 3. The van der Waals surface area contributed by atoms with Gasteiger partial charge in [-0.1, -0.05) is 29.5 Å². The Morgan fingerprint density at radius 2 is 2.17 bits per heavy atom. The van der Waals surface area contributed by atoms with E-state index >= 15 is 0 Å². The molecule has 0 fully saturated rings. The molecule has 92 valence electrons. The molecule has 3 N–H and O–H groups in total. The van der Waals surface area contributed by atoms with Crippen molar-refractivity contribution < 1.29 is 19.9 Å². The lowest BCUT2D eigenvalue weighted by atomic mass is 9.80. The molecule has 0 aliphatic rings. The van der Waals surface area contributed by atoms with Crippen LogP contribution in [0.25, 0.3) is 0 Å². The SMILES string of the molecule is O=C(O)c1cn(Cc2cccc(B(O)O)c2)nn1. The van der Waals surface area contributed by atoms with Gasteiger partial charge in [0.15, 0.2) is 5.69 Å². The largest absolute Gasteiger partial charge is 0.488 e. The first-order valence-corrected chi connectivity index (χ1v) is 5.14. The molecule has 1 aromatic carbocycles. The lowest BCUT2D eigenvalue weighted by Crippen LogP contribution is -2.30. The molecule has 0 saturated heterocycles. The molecule has 0 atom stereocenters. The maximum Gasteiger partial charge on any atom is 0.488 e. The second-order valence-corrected chi connectivity index (χ2v) is 3.73. The van der Waals surface area contributed by atoms with Crippen molar-refractivity contribution >= 4 is 18.6 Å². The highest BCUT2D eigenvalue weighted by atomic mass is 16.4. The number of carboxylic acids is 1. The molecule has 0 saturated carbocycles. The summed E-state index contributed by atoms with van der Waals surface area (Å²) in [4.78, 5) is 10.6. The summed E-state index contributed by atoms with van der Waals surface area (Å²) in [6.07, 6.45) is 1.31. The summed E-state index contributed by atoms with van der Waals surface area (Å²) in [6.45, 7) is 0.306. The first kappa shape index (κ1) is 12.3. The van der Waals surface area contributed by atoms with Crippen LogP contribution in [0.15, 0.2) is 30.5 Å². The van der Waals surface area contributed by atoms with Gasteiger partial charge in [-0.3, -0.25) is 0 Å². The number of carboxylic acid groups (broad SMARTS) is 1. The van der Waals surface area contributed by atoms with E-state index in [0.717, 1.165) is 5.56 Å². The minimum atomic E-state index is -1.53. The van der Waals surface area contributed by atoms with Gasteiger partial charge in [0.2, 0.25) is 0 Å². The van der Waals surface area contributed by atoms with Crippen LogP contribution in [-0.2, 0) is 6.54 Å². The predicted octanol–water partition coefficient (Wildman–Crippen LogP) is -1.30. The Morgan fingerprint density at radius 3 is 2.78 bits per heavy atom. The van der Waals surface area contributed by atoms with Crippen LogP contribution in [0.2, 0.25) is 0 Å². The van der Waals surface area contributed by atoms with Gasteiger partial charge in [-0.05, 0) is 11.0 Å². The molecule has 2 aromatic rings. The fraction of sp³-hybridized carbons (Fsp3) is 0.100. The number of rotatable bonds is 4. The van der Waals surface area contributed by atoms with Crippen LogP contribution in [0.5, 0.6) is 0 Å². The van der Waals surface area contributed by atoms with Crippen molar-refractivity contribution in [2.24, 2.45) is 0 Å². The Morgan fingerprint density at radius 1 is 1.39 bits per heavy atom. The van der Waals surface area contributed by atoms with Gasteiger partial charge < -0.3 is 15.2 Å². The highest BCUT2D eigenvalue weighted by Crippen LogP contribution is 2.01. The molecule has 0 bridgehead atoms. The summed E-state index contributed by atoms with van der Waals surface area (Å²) < 4.78 is 1.37. The predicted molar refractivity (Wildman–Crippen MR) is 62.4 cm³/mol. The van der Waals surface area contributed by atoms with Crippen molar-refractivity contribution in [3.05, 3.63) is 41.7 Å². The van der Waals surface area contributed by atoms with Gasteiger partial charge in [0.25, 0.3) is 0 Å². The lowest BCUT2D eigenvalue weighted by molar-refractivity contribution is 0.0690. The lowest BCUT2D eigenvalue weighted by Gasteiger charge is -2.04. The van der Waals surface area contributed by atoms with E-state index in [1.165, 1.54) is 10.9 Å². The molecule has 2 rings (SSSR count). The summed E-state index contributed by atoms with van der Waals surface area (Å²) in [5.41, 5.74) is 1.00. The summed E-state index contributed by atoms with van der Waals surface area (Å²) in [5.74, 6) is -1.14. The average Bonchev–Trinajstić information content (AvgIpc) is 2.78. The minimum Gasteiger partial charge on any atom is -0.476 e. The third kappa shape index (κ3) is 2.73. The number of carbonyl (C=O) groups is 1. The smallest absolute Gasteiger partial charge is 0.476 e. The second kappa shape index (κ2) is 4.99. The van der Waals surface area contributed by atoms with Crippen molar-refractivity contribution in [2.45, 2.75) is 6.54 Å². The van der Waals surface area contributed by atoms with Crippen LogP contribution in [0, 0.1) is 0 Å². The van der Waals surface area contributed by atoms with E-state index in [9.17, 15) is 4.79 Å². The van der Waals surface area contributed by atoms with Crippen LogP contribution in [-0.4, -0.2) is 43.2 Å². The van der Waals surface area contributed by atoms with Crippen LogP contribution < -0.4 is 5.46 Å². The molecule has 7 nitrogen and oxygen atoms in total. The number of aromatic carboxylic acids is 1. The zero-order valence-electron chi connectivity index (χ0n) is 9.26. The number of hydrogen-bond acceptors (Lipinski definition) is 5. The molecule has 0 spiro atoms. The highest BCUT2D eigenvalue weighted by Gasteiger charge is 2.12. The topological polar surface area (TPSA) is 108 Å². The van der Waals surface area contributed by atoms with Gasteiger partial charge in [0.05, 0.1) is 12.7 Å². The summed E-state index contributed by atoms with van der Waals surface area (Å²) >= 11 is 0. The quantitative estimate of drug-likeness (QED) is 0.579. The fourth-order valence-corrected chi connectivity index (χ4v) is 1.51. The van der Waals surface area contributed by atoms with Crippen LogP contribution in [0.1, 0.15) is 16.1 Å². The van der Waals surface area contributed by atoms with E-state index in [1.807, 2.05) is 0 Å². The molecule has 1 aromatic heterocycles. The molecular weight excluding hydrogens is 237 g/mol. The fourth-order valence-electron chi connectivity index (χ4n) is 1.51. The van der Waals surface area contributed by atoms with Gasteiger partial charge in [-0.25, -0.2) is 9.48 Å². The first-order chi connectivity index (χ1) is 8.56. The standard InChI is InChI=1S/C10H10BN3O4/c15-10(16)9-6-14(13-12-9)5-7-2-1-3-8(4-7)11(17)18/h1-4,6,17-18H,5H2,(H,15,16). The van der Waals surface area contributed by atoms with E-state index in [1.54, 1.807) is 24.3 Å². The maximum absolute atomic E-state index is 10.6. The maximum atomic E-state index is 10.6. The summed E-state index contributed by atoms with van der Waals surface area (Å²) in [5, 5.41) is 33.9. The molecule has 0 aliphatic carbocycles. The van der Waals surface area contributed by atoms with E-state index in [2.05, 4.69) is 10.3 Å². The zero-order chi connectivity index (χ0) is 13.1. The van der Waals surface area contributed by atoms with Crippen molar-refractivity contribution in [1.82, 2.24) is 15.0 Å². The summed E-state index contributed by atoms with van der Waals surface area (Å²) in [6, 6.07) is 6.64. The van der Waals surface area contributed by atoms with Gasteiger partial charge in [0.1, 0.15) is 0 Å². The van der Waals surface area contributed by atoms with Gasteiger partial charge in [0, 0.05) is 0 Å². The Kier molecular flexibility index (Phi) is 3.40. The van der Waals surface area contributed by atoms with E-state index in [0.29, 0.717) is 12.0 Å². The highest BCUT2D eigenvalue weighted by molar-refractivity contribution is 6.58. The van der Waals surface area contributed by atoms with Crippen molar-refractivity contribution in [3.63, 3.8) is 0 Å². The number of aromatic nitrogens is 3. The van der Waals surface area contributed by atoms with Crippen LogP contribution >= 0.6 is 0 Å². The Labute approximate surface area is 102 Å². The van der Waals surface area contributed by atoms with E-state index < -0.39 is 13.1 Å². The third-order valence-corrected chi connectivity index (χ3v) is 2.35. The second-order valence-electron chi connectivity index (χ2n) is 3.73. The van der Waals surface area contributed by atoms with E-state index in [-0.39, 0.29) is 5.69 Å². The molecule has 0 amide bonds. The third-order valence-electron chi connectivity index (χ3n) is 2.35.